The number of aliphatic hydroxyl groups excluding tert-OH is 1. The summed E-state index contributed by atoms with van der Waals surface area (Å²) in [5.41, 5.74) is 1.68. The number of hydrogen-bond donors (Lipinski definition) is 1. The largest absolute Gasteiger partial charge is 0.496 e. The van der Waals surface area contributed by atoms with Crippen LogP contribution in [0.25, 0.3) is 0 Å². The normalized spacial score (nSPS) is 28.5. The molecule has 3 rings (SSSR count). The number of nitrogens with zero attached hydrogens (tertiary/aromatic N) is 2. The lowest BCUT2D eigenvalue weighted by atomic mass is 9.89. The molecule has 2 aliphatic heterocycles. The van der Waals surface area contributed by atoms with Crippen molar-refractivity contribution in [2.24, 2.45) is 5.92 Å². The number of hydrogen-bond acceptors (Lipinski definition) is 5. The molecular formula is C18H24N2O3. The molecule has 0 bridgehead atoms. The highest BCUT2D eigenvalue weighted by atomic mass is 16.5. The van der Waals surface area contributed by atoms with Gasteiger partial charge in [-0.2, -0.15) is 5.26 Å². The third-order valence-electron chi connectivity index (χ3n) is 5.05. The van der Waals surface area contributed by atoms with Gasteiger partial charge in [-0.05, 0) is 44.0 Å². The predicted molar refractivity (Wildman–Crippen MR) is 86.1 cm³/mol. The van der Waals surface area contributed by atoms with E-state index in [2.05, 4.69) is 11.0 Å². The number of ether oxygens (including phenoxy) is 2. The fraction of sp³-hybridized carbons (Fsp3) is 0.611. The van der Waals surface area contributed by atoms with E-state index in [1.54, 1.807) is 13.2 Å². The Morgan fingerprint density at radius 3 is 3.04 bits per heavy atom. The third kappa shape index (κ3) is 3.50. The number of aliphatic hydroxyl groups is 1. The summed E-state index contributed by atoms with van der Waals surface area (Å²) in [5, 5.41) is 19.4. The Balaban J connectivity index is 1.77. The summed E-state index contributed by atoms with van der Waals surface area (Å²) in [5.74, 6) is 0.992. The van der Waals surface area contributed by atoms with Gasteiger partial charge in [-0.1, -0.05) is 0 Å². The van der Waals surface area contributed by atoms with Crippen molar-refractivity contribution in [1.82, 2.24) is 4.90 Å². The van der Waals surface area contributed by atoms with Crippen LogP contribution in [0.5, 0.6) is 5.75 Å². The summed E-state index contributed by atoms with van der Waals surface area (Å²) in [7, 11) is 1.66. The van der Waals surface area contributed by atoms with Crippen molar-refractivity contribution in [3.05, 3.63) is 29.3 Å². The average Bonchev–Trinajstić information content (AvgIpc) is 3.03. The topological polar surface area (TPSA) is 65.7 Å². The Morgan fingerprint density at radius 2 is 2.30 bits per heavy atom. The van der Waals surface area contributed by atoms with E-state index in [-0.39, 0.29) is 12.0 Å². The lowest BCUT2D eigenvalue weighted by Crippen LogP contribution is -2.45. The quantitative estimate of drug-likeness (QED) is 0.919. The third-order valence-corrected chi connectivity index (χ3v) is 5.05. The van der Waals surface area contributed by atoms with Crippen LogP contribution in [-0.4, -0.2) is 49.0 Å². The van der Waals surface area contributed by atoms with Crippen molar-refractivity contribution in [2.75, 3.05) is 26.9 Å². The molecule has 2 saturated heterocycles. The summed E-state index contributed by atoms with van der Waals surface area (Å²) in [6.07, 6.45) is 2.67. The molecule has 124 valence electrons. The second-order valence-electron chi connectivity index (χ2n) is 6.41. The van der Waals surface area contributed by atoms with Crippen LogP contribution in [0.4, 0.5) is 0 Å². The maximum absolute atomic E-state index is 10.3. The zero-order chi connectivity index (χ0) is 16.2. The lowest BCUT2D eigenvalue weighted by Gasteiger charge is -2.37. The number of nitriles is 1. The van der Waals surface area contributed by atoms with Gasteiger partial charge in [0.05, 0.1) is 31.5 Å². The van der Waals surface area contributed by atoms with Gasteiger partial charge in [0.25, 0.3) is 0 Å². The van der Waals surface area contributed by atoms with E-state index < -0.39 is 0 Å². The van der Waals surface area contributed by atoms with E-state index in [0.29, 0.717) is 24.8 Å². The molecule has 0 spiro atoms. The minimum Gasteiger partial charge on any atom is -0.496 e. The molecule has 0 aliphatic carbocycles. The number of benzene rings is 1. The van der Waals surface area contributed by atoms with Gasteiger partial charge >= 0.3 is 0 Å². The van der Waals surface area contributed by atoms with E-state index in [4.69, 9.17) is 14.7 Å². The highest BCUT2D eigenvalue weighted by Gasteiger charge is 2.37. The van der Waals surface area contributed by atoms with Crippen LogP contribution in [0.15, 0.2) is 18.2 Å². The van der Waals surface area contributed by atoms with Gasteiger partial charge in [0.2, 0.25) is 0 Å². The van der Waals surface area contributed by atoms with Crippen LogP contribution >= 0.6 is 0 Å². The van der Waals surface area contributed by atoms with Gasteiger partial charge in [-0.25, -0.2) is 0 Å². The molecule has 1 aromatic carbocycles. The molecule has 2 heterocycles. The highest BCUT2D eigenvalue weighted by molar-refractivity contribution is 5.42. The molecule has 1 aromatic rings. The highest BCUT2D eigenvalue weighted by Crippen LogP contribution is 2.32. The zero-order valence-corrected chi connectivity index (χ0v) is 13.6. The van der Waals surface area contributed by atoms with Crippen LogP contribution in [0, 0.1) is 17.2 Å². The molecular weight excluding hydrogens is 292 g/mol. The minimum atomic E-state index is -0.276. The van der Waals surface area contributed by atoms with Gasteiger partial charge in [-0.3, -0.25) is 4.90 Å². The molecule has 2 aliphatic rings. The molecule has 0 saturated carbocycles. The lowest BCUT2D eigenvalue weighted by molar-refractivity contribution is -0.0636. The Hall–Kier alpha value is -1.61. The van der Waals surface area contributed by atoms with Crippen molar-refractivity contribution in [1.29, 1.82) is 5.26 Å². The number of rotatable bonds is 4. The van der Waals surface area contributed by atoms with E-state index in [1.807, 2.05) is 12.1 Å². The molecule has 0 unspecified atom stereocenters. The van der Waals surface area contributed by atoms with Crippen molar-refractivity contribution in [3.8, 4) is 11.8 Å². The molecule has 0 aromatic heterocycles. The second kappa shape index (κ2) is 7.31. The summed E-state index contributed by atoms with van der Waals surface area (Å²) in [6, 6.07) is 8.07. The minimum absolute atomic E-state index is 0.177. The maximum Gasteiger partial charge on any atom is 0.123 e. The molecule has 2 fully saturated rings. The van der Waals surface area contributed by atoms with Gasteiger partial charge in [0, 0.05) is 30.7 Å². The summed E-state index contributed by atoms with van der Waals surface area (Å²) >= 11 is 0. The maximum atomic E-state index is 10.3. The van der Waals surface area contributed by atoms with Crippen molar-refractivity contribution in [2.45, 2.75) is 38.0 Å². The first-order chi connectivity index (χ1) is 11.2. The monoisotopic (exact) mass is 316 g/mol. The Morgan fingerprint density at radius 1 is 1.43 bits per heavy atom. The Labute approximate surface area is 137 Å². The number of likely N-dealkylation sites (tertiary alicyclic amines) is 1. The average molecular weight is 316 g/mol. The van der Waals surface area contributed by atoms with Crippen LogP contribution in [-0.2, 0) is 11.3 Å². The number of methoxy groups -OCH3 is 1. The van der Waals surface area contributed by atoms with Gasteiger partial charge in [0.15, 0.2) is 0 Å². The molecule has 5 heteroatoms. The summed E-state index contributed by atoms with van der Waals surface area (Å²) in [4.78, 5) is 2.40. The van der Waals surface area contributed by atoms with Crippen molar-refractivity contribution in [3.63, 3.8) is 0 Å². The summed E-state index contributed by atoms with van der Waals surface area (Å²) in [6.45, 7) is 3.04. The first kappa shape index (κ1) is 16.3. The molecule has 23 heavy (non-hydrogen) atoms. The first-order valence-electron chi connectivity index (χ1n) is 8.30. The van der Waals surface area contributed by atoms with Gasteiger partial charge < -0.3 is 14.6 Å². The van der Waals surface area contributed by atoms with Crippen LogP contribution < -0.4 is 4.74 Å². The van der Waals surface area contributed by atoms with Gasteiger partial charge in [-0.15, -0.1) is 0 Å². The van der Waals surface area contributed by atoms with E-state index in [0.717, 1.165) is 43.7 Å². The molecule has 3 atom stereocenters. The van der Waals surface area contributed by atoms with E-state index >= 15 is 0 Å². The predicted octanol–water partition coefficient (Wildman–Crippen LogP) is 1.93. The molecule has 0 amide bonds. The second-order valence-corrected chi connectivity index (χ2v) is 6.41. The van der Waals surface area contributed by atoms with E-state index in [9.17, 15) is 5.11 Å². The molecule has 0 radical (unpaired) electrons. The first-order valence-corrected chi connectivity index (χ1v) is 8.30. The fourth-order valence-electron chi connectivity index (χ4n) is 3.84. The van der Waals surface area contributed by atoms with Crippen molar-refractivity contribution < 1.29 is 14.6 Å². The Bertz CT molecular complexity index is 584. The summed E-state index contributed by atoms with van der Waals surface area (Å²) < 4.78 is 11.0. The van der Waals surface area contributed by atoms with Crippen molar-refractivity contribution >= 4 is 0 Å². The smallest absolute Gasteiger partial charge is 0.123 e. The SMILES string of the molecule is COc1ccc(C#N)cc1CN1CCC[C@@H]1[C@H]1COCC[C@H]1O. The van der Waals surface area contributed by atoms with Crippen LogP contribution in [0.3, 0.4) is 0 Å². The molecule has 5 nitrogen and oxygen atoms in total. The Kier molecular flexibility index (Phi) is 5.16. The van der Waals surface area contributed by atoms with Gasteiger partial charge in [0.1, 0.15) is 5.75 Å². The van der Waals surface area contributed by atoms with Crippen LogP contribution in [0.2, 0.25) is 0 Å². The van der Waals surface area contributed by atoms with E-state index in [1.165, 1.54) is 0 Å². The van der Waals surface area contributed by atoms with Crippen LogP contribution in [0.1, 0.15) is 30.4 Å². The zero-order valence-electron chi connectivity index (χ0n) is 13.6. The molecule has 1 N–H and O–H groups in total. The fourth-order valence-corrected chi connectivity index (χ4v) is 3.84. The standard InChI is InChI=1S/C18H24N2O3/c1-22-18-5-4-13(10-19)9-14(18)11-20-7-2-3-16(20)15-12-23-8-6-17(15)21/h4-5,9,15-17,21H,2-3,6-8,11-12H2,1H3/t15-,16-,17-/m1/s1.